The number of rotatable bonds is 8. The molecule has 0 spiro atoms. The van der Waals surface area contributed by atoms with E-state index in [0.29, 0.717) is 42.6 Å². The highest BCUT2D eigenvalue weighted by atomic mass is 35.5. The molecule has 2 heterocycles. The molecule has 0 saturated heterocycles. The van der Waals surface area contributed by atoms with Gasteiger partial charge in [0.05, 0.1) is 30.7 Å². The molecule has 0 unspecified atom stereocenters. The first-order valence-electron chi connectivity index (χ1n) is 9.11. The van der Waals surface area contributed by atoms with E-state index >= 15 is 0 Å². The van der Waals surface area contributed by atoms with Gasteiger partial charge in [0.25, 0.3) is 0 Å². The third-order valence-electron chi connectivity index (χ3n) is 4.52. The van der Waals surface area contributed by atoms with Crippen molar-refractivity contribution in [3.05, 3.63) is 58.1 Å². The molecule has 0 aliphatic carbocycles. The number of halogens is 1. The molecule has 0 atom stereocenters. The van der Waals surface area contributed by atoms with Gasteiger partial charge in [0.15, 0.2) is 4.77 Å². The number of benzene rings is 1. The minimum absolute atomic E-state index is 0.205. The lowest BCUT2D eigenvalue weighted by molar-refractivity contribution is -0.143. The normalized spacial score (nSPS) is 11.3. The van der Waals surface area contributed by atoms with Gasteiger partial charge in [0.1, 0.15) is 0 Å². The van der Waals surface area contributed by atoms with Crippen LogP contribution in [0.5, 0.6) is 0 Å². The summed E-state index contributed by atoms with van der Waals surface area (Å²) >= 11 is 11.9. The fourth-order valence-electron chi connectivity index (χ4n) is 3.15. The van der Waals surface area contributed by atoms with Gasteiger partial charge in [-0.1, -0.05) is 17.7 Å². The maximum absolute atomic E-state index is 11.9. The largest absolute Gasteiger partial charge is 0.466 e. The number of aryl methyl sites for hydroxylation is 1. The molecule has 8 heteroatoms. The van der Waals surface area contributed by atoms with Gasteiger partial charge >= 0.3 is 5.97 Å². The third-order valence-corrected chi connectivity index (χ3v) is 5.24. The van der Waals surface area contributed by atoms with E-state index in [1.54, 1.807) is 6.20 Å². The zero-order chi connectivity index (χ0) is 20.1. The van der Waals surface area contributed by atoms with Crippen LogP contribution in [0.15, 0.2) is 42.7 Å². The number of pyridine rings is 1. The molecule has 0 radical (unpaired) electrons. The van der Waals surface area contributed by atoms with Crippen molar-refractivity contribution >= 4 is 40.8 Å². The third kappa shape index (κ3) is 4.79. The Morgan fingerprint density at radius 2 is 2.14 bits per heavy atom. The Morgan fingerprint density at radius 3 is 2.86 bits per heavy atom. The number of imidazole rings is 1. The molecule has 6 nitrogen and oxygen atoms in total. The van der Waals surface area contributed by atoms with Gasteiger partial charge in [0.2, 0.25) is 0 Å². The second kappa shape index (κ2) is 9.32. The molecule has 0 amide bonds. The average molecular weight is 419 g/mol. The van der Waals surface area contributed by atoms with Crippen LogP contribution >= 0.6 is 23.8 Å². The minimum atomic E-state index is -0.205. The first kappa shape index (κ1) is 20.5. The fourth-order valence-corrected chi connectivity index (χ4v) is 3.57. The van der Waals surface area contributed by atoms with E-state index in [0.717, 1.165) is 16.6 Å². The van der Waals surface area contributed by atoms with Crippen molar-refractivity contribution in [3.63, 3.8) is 0 Å². The molecule has 3 aromatic rings. The highest BCUT2D eigenvalue weighted by molar-refractivity contribution is 7.71. The van der Waals surface area contributed by atoms with Crippen molar-refractivity contribution in [2.75, 3.05) is 13.2 Å². The van der Waals surface area contributed by atoms with Gasteiger partial charge in [-0.3, -0.25) is 14.7 Å². The van der Waals surface area contributed by atoms with E-state index in [2.05, 4.69) is 9.88 Å². The zero-order valence-corrected chi connectivity index (χ0v) is 17.5. The topological polar surface area (TPSA) is 52.3 Å². The molecule has 0 bridgehead atoms. The van der Waals surface area contributed by atoms with E-state index in [4.69, 9.17) is 28.6 Å². The molecule has 0 aliphatic rings. The van der Waals surface area contributed by atoms with Crippen LogP contribution in [0.3, 0.4) is 0 Å². The Hall–Kier alpha value is -2.22. The lowest BCUT2D eigenvalue weighted by Gasteiger charge is -2.23. The van der Waals surface area contributed by atoms with Crippen molar-refractivity contribution in [2.45, 2.75) is 26.6 Å². The van der Waals surface area contributed by atoms with Gasteiger partial charge in [-0.05, 0) is 49.0 Å². The van der Waals surface area contributed by atoms with Crippen LogP contribution in [0.4, 0.5) is 0 Å². The number of carbonyl (C=O) groups excluding carboxylic acids is 1. The number of aromatic nitrogens is 3. The van der Waals surface area contributed by atoms with Crippen LogP contribution in [0.25, 0.3) is 11.0 Å². The molecular weight excluding hydrogens is 396 g/mol. The summed E-state index contributed by atoms with van der Waals surface area (Å²) in [5.74, 6) is -0.205. The molecule has 0 fully saturated rings. The number of nitrogens with zero attached hydrogens (tertiary/aromatic N) is 4. The highest BCUT2D eigenvalue weighted by Crippen LogP contribution is 2.22. The monoisotopic (exact) mass is 418 g/mol. The van der Waals surface area contributed by atoms with Crippen molar-refractivity contribution in [2.24, 2.45) is 7.05 Å². The van der Waals surface area contributed by atoms with E-state index in [1.165, 1.54) is 0 Å². The fraction of sp³-hybridized carbons (Fsp3) is 0.350. The summed E-state index contributed by atoms with van der Waals surface area (Å²) in [5, 5.41) is 0.659. The number of hydrogen-bond acceptors (Lipinski definition) is 5. The summed E-state index contributed by atoms with van der Waals surface area (Å²) < 4.78 is 9.78. The molecule has 28 heavy (non-hydrogen) atoms. The highest BCUT2D eigenvalue weighted by Gasteiger charge is 2.15. The summed E-state index contributed by atoms with van der Waals surface area (Å²) in [6.45, 7) is 3.92. The Kier molecular flexibility index (Phi) is 6.83. The number of ether oxygens (including phenoxy) is 1. The number of fused-ring (bicyclic) bond motifs is 1. The molecule has 0 aliphatic heterocycles. The second-order valence-corrected chi connectivity index (χ2v) is 7.31. The van der Waals surface area contributed by atoms with Crippen molar-refractivity contribution in [1.29, 1.82) is 0 Å². The summed E-state index contributed by atoms with van der Waals surface area (Å²) in [4.78, 5) is 18.2. The number of carbonyl (C=O) groups is 1. The maximum atomic E-state index is 11.9. The lowest BCUT2D eigenvalue weighted by Crippen LogP contribution is -2.29. The Labute approximate surface area is 174 Å². The van der Waals surface area contributed by atoms with Crippen LogP contribution in [0, 0.1) is 4.77 Å². The molecule has 2 aromatic heterocycles. The molecule has 0 N–H and O–H groups in total. The molecule has 3 rings (SSSR count). The van der Waals surface area contributed by atoms with Gasteiger partial charge in [-0.2, -0.15) is 0 Å². The maximum Gasteiger partial charge on any atom is 0.307 e. The Morgan fingerprint density at radius 1 is 1.32 bits per heavy atom. The minimum Gasteiger partial charge on any atom is -0.466 e. The van der Waals surface area contributed by atoms with Crippen molar-refractivity contribution in [1.82, 2.24) is 19.0 Å². The summed E-state index contributed by atoms with van der Waals surface area (Å²) in [6.07, 6.45) is 3.89. The average Bonchev–Trinajstić information content (AvgIpc) is 2.91. The summed E-state index contributed by atoms with van der Waals surface area (Å²) in [5.41, 5.74) is 3.05. The van der Waals surface area contributed by atoms with Crippen LogP contribution < -0.4 is 0 Å². The van der Waals surface area contributed by atoms with Crippen molar-refractivity contribution < 1.29 is 9.53 Å². The van der Waals surface area contributed by atoms with Crippen LogP contribution in [0.2, 0.25) is 5.02 Å². The van der Waals surface area contributed by atoms with E-state index < -0.39 is 0 Å². The number of hydrogen-bond donors (Lipinski definition) is 0. The predicted octanol–water partition coefficient (Wildman–Crippen LogP) is 4.17. The zero-order valence-electron chi connectivity index (χ0n) is 16.0. The first-order chi connectivity index (χ1) is 13.5. The smallest absolute Gasteiger partial charge is 0.307 e. The molecular formula is C20H23ClN4O2S. The van der Waals surface area contributed by atoms with Crippen LogP contribution in [-0.2, 0) is 29.8 Å². The predicted molar refractivity (Wildman–Crippen MR) is 113 cm³/mol. The van der Waals surface area contributed by atoms with Gasteiger partial charge in [-0.25, -0.2) is 0 Å². The van der Waals surface area contributed by atoms with Crippen LogP contribution in [-0.4, -0.2) is 38.1 Å². The van der Waals surface area contributed by atoms with Gasteiger partial charge in [-0.15, -0.1) is 0 Å². The standard InChI is InChI=1S/C20H23ClN4O2S/c1-3-27-19(26)8-10-24(13-15-5-4-9-22-12-15)14-25-18-11-16(21)6-7-17(18)23(2)20(25)28/h4-7,9,11-12H,3,8,10,13-14H2,1-2H3. The Bertz CT molecular complexity index is 1020. The first-order valence-corrected chi connectivity index (χ1v) is 9.90. The lowest BCUT2D eigenvalue weighted by atomic mass is 10.2. The second-order valence-electron chi connectivity index (χ2n) is 6.51. The SMILES string of the molecule is CCOC(=O)CCN(Cc1cccnc1)Cn1c(=S)n(C)c2ccc(Cl)cc21. The summed E-state index contributed by atoms with van der Waals surface area (Å²) in [6, 6.07) is 9.66. The van der Waals surface area contributed by atoms with Crippen molar-refractivity contribution in [3.8, 4) is 0 Å². The molecule has 0 saturated carbocycles. The van der Waals surface area contributed by atoms with E-state index in [1.807, 2.05) is 59.6 Å². The van der Waals surface area contributed by atoms with Gasteiger partial charge < -0.3 is 13.9 Å². The summed E-state index contributed by atoms with van der Waals surface area (Å²) in [7, 11) is 1.94. The molecule has 148 valence electrons. The van der Waals surface area contributed by atoms with E-state index in [-0.39, 0.29) is 5.97 Å². The molecule has 1 aromatic carbocycles. The van der Waals surface area contributed by atoms with E-state index in [9.17, 15) is 4.79 Å². The van der Waals surface area contributed by atoms with Gasteiger partial charge in [0, 0.05) is 37.6 Å². The van der Waals surface area contributed by atoms with Crippen LogP contribution in [0.1, 0.15) is 18.9 Å². The Balaban J connectivity index is 1.89. The quantitative estimate of drug-likeness (QED) is 0.406. The number of esters is 1.